The fourth-order valence-electron chi connectivity index (χ4n) is 3.50. The van der Waals surface area contributed by atoms with Crippen LogP contribution in [0.25, 0.3) is 0 Å². The van der Waals surface area contributed by atoms with Crippen LogP contribution in [0.2, 0.25) is 0 Å². The fourth-order valence-corrected chi connectivity index (χ4v) is 3.50. The zero-order valence-electron chi connectivity index (χ0n) is 13.2. The lowest BCUT2D eigenvalue weighted by Crippen LogP contribution is -2.35. The largest absolute Gasteiger partial charge is 0.308 e. The van der Waals surface area contributed by atoms with Crippen LogP contribution in [0.15, 0.2) is 36.7 Å². The molecule has 2 aromatic rings. The number of rotatable bonds is 4. The van der Waals surface area contributed by atoms with Gasteiger partial charge in [0.25, 0.3) is 0 Å². The average Bonchev–Trinajstić information content (AvgIpc) is 2.93. The summed E-state index contributed by atoms with van der Waals surface area (Å²) in [5.41, 5.74) is 4.17. The number of fused-ring (bicyclic) bond motifs is 1. The molecule has 3 unspecified atom stereocenters. The molecule has 1 N–H and O–H groups in total. The van der Waals surface area contributed by atoms with Crippen LogP contribution < -0.4 is 5.32 Å². The van der Waals surface area contributed by atoms with E-state index in [2.05, 4.69) is 66.3 Å². The monoisotopic (exact) mass is 283 g/mol. The number of aryl methyl sites for hydroxylation is 1. The quantitative estimate of drug-likeness (QED) is 0.919. The van der Waals surface area contributed by atoms with Crippen LogP contribution in [0.5, 0.6) is 0 Å². The highest BCUT2D eigenvalue weighted by Gasteiger charge is 2.34. The first kappa shape index (κ1) is 14.3. The maximum atomic E-state index is 4.58. The van der Waals surface area contributed by atoms with Gasteiger partial charge in [-0.05, 0) is 48.9 Å². The van der Waals surface area contributed by atoms with Crippen LogP contribution in [0.1, 0.15) is 61.4 Å². The van der Waals surface area contributed by atoms with Gasteiger partial charge in [-0.2, -0.15) is 5.10 Å². The van der Waals surface area contributed by atoms with Gasteiger partial charge in [-0.1, -0.05) is 38.1 Å². The van der Waals surface area contributed by atoms with Gasteiger partial charge in [0.15, 0.2) is 0 Å². The second-order valence-electron chi connectivity index (χ2n) is 6.26. The molecule has 0 radical (unpaired) electrons. The van der Waals surface area contributed by atoms with E-state index in [0.717, 1.165) is 19.4 Å². The topological polar surface area (TPSA) is 29.9 Å². The zero-order valence-corrected chi connectivity index (χ0v) is 13.2. The lowest BCUT2D eigenvalue weighted by Gasteiger charge is -2.37. The van der Waals surface area contributed by atoms with E-state index in [4.69, 9.17) is 0 Å². The molecule has 0 saturated carbocycles. The molecule has 3 heteroatoms. The average molecular weight is 283 g/mol. The van der Waals surface area contributed by atoms with E-state index >= 15 is 0 Å². The fraction of sp³-hybridized carbons (Fsp3) is 0.500. The van der Waals surface area contributed by atoms with Crippen LogP contribution in [0.4, 0.5) is 0 Å². The number of hydrogen-bond acceptors (Lipinski definition) is 2. The van der Waals surface area contributed by atoms with Crippen molar-refractivity contribution in [2.45, 2.75) is 51.6 Å². The van der Waals surface area contributed by atoms with E-state index in [1.807, 2.05) is 6.20 Å². The Kier molecular flexibility index (Phi) is 4.11. The first-order valence-corrected chi connectivity index (χ1v) is 8.03. The highest BCUT2D eigenvalue weighted by atomic mass is 15.3. The molecule has 0 amide bonds. The van der Waals surface area contributed by atoms with Crippen LogP contribution in [-0.2, 0) is 0 Å². The SMILES string of the molecule is CCCNC1c2ccccc2C(C)CC1n1cc(C)cn1. The molecule has 112 valence electrons. The molecule has 0 fully saturated rings. The summed E-state index contributed by atoms with van der Waals surface area (Å²) in [5, 5.41) is 8.33. The molecule has 1 heterocycles. The Morgan fingerprint density at radius 1 is 1.29 bits per heavy atom. The summed E-state index contributed by atoms with van der Waals surface area (Å²) in [6, 6.07) is 9.63. The third-order valence-corrected chi connectivity index (χ3v) is 4.53. The third kappa shape index (κ3) is 2.75. The minimum Gasteiger partial charge on any atom is -0.308 e. The maximum Gasteiger partial charge on any atom is 0.0719 e. The van der Waals surface area contributed by atoms with E-state index in [1.54, 1.807) is 0 Å². The first-order valence-electron chi connectivity index (χ1n) is 8.03. The number of aromatic nitrogens is 2. The van der Waals surface area contributed by atoms with Crippen molar-refractivity contribution in [3.63, 3.8) is 0 Å². The second kappa shape index (κ2) is 6.02. The molecular weight excluding hydrogens is 258 g/mol. The number of hydrogen-bond donors (Lipinski definition) is 1. The smallest absolute Gasteiger partial charge is 0.0719 e. The van der Waals surface area contributed by atoms with Crippen molar-refractivity contribution < 1.29 is 0 Å². The molecule has 1 aliphatic carbocycles. The van der Waals surface area contributed by atoms with Crippen molar-refractivity contribution in [1.82, 2.24) is 15.1 Å². The molecular formula is C18H25N3. The van der Waals surface area contributed by atoms with E-state index in [0.29, 0.717) is 18.0 Å². The predicted molar refractivity (Wildman–Crippen MR) is 86.5 cm³/mol. The summed E-state index contributed by atoms with van der Waals surface area (Å²) in [7, 11) is 0. The van der Waals surface area contributed by atoms with Crippen LogP contribution >= 0.6 is 0 Å². The summed E-state index contributed by atoms with van der Waals surface area (Å²) < 4.78 is 2.16. The van der Waals surface area contributed by atoms with Crippen molar-refractivity contribution in [1.29, 1.82) is 0 Å². The number of nitrogens with one attached hydrogen (secondary N) is 1. The first-order chi connectivity index (χ1) is 10.2. The van der Waals surface area contributed by atoms with Crippen molar-refractivity contribution in [3.05, 3.63) is 53.3 Å². The Bertz CT molecular complexity index is 602. The highest BCUT2D eigenvalue weighted by Crippen LogP contribution is 2.43. The van der Waals surface area contributed by atoms with E-state index in [1.165, 1.54) is 16.7 Å². The molecule has 1 aliphatic rings. The summed E-state index contributed by atoms with van der Waals surface area (Å²) in [6.07, 6.45) is 6.42. The third-order valence-electron chi connectivity index (χ3n) is 4.53. The zero-order chi connectivity index (χ0) is 14.8. The maximum absolute atomic E-state index is 4.58. The van der Waals surface area contributed by atoms with Gasteiger partial charge in [0.05, 0.1) is 18.3 Å². The van der Waals surface area contributed by atoms with Gasteiger partial charge in [-0.3, -0.25) is 4.68 Å². The van der Waals surface area contributed by atoms with E-state index in [9.17, 15) is 0 Å². The van der Waals surface area contributed by atoms with E-state index < -0.39 is 0 Å². The molecule has 1 aromatic carbocycles. The van der Waals surface area contributed by atoms with Gasteiger partial charge in [-0.25, -0.2) is 0 Å². The van der Waals surface area contributed by atoms with Gasteiger partial charge in [0, 0.05) is 6.20 Å². The molecule has 0 aliphatic heterocycles. The Morgan fingerprint density at radius 3 is 2.71 bits per heavy atom. The Hall–Kier alpha value is -1.61. The minimum absolute atomic E-state index is 0.358. The van der Waals surface area contributed by atoms with Crippen LogP contribution in [-0.4, -0.2) is 16.3 Å². The van der Waals surface area contributed by atoms with Gasteiger partial charge >= 0.3 is 0 Å². The van der Waals surface area contributed by atoms with Gasteiger partial charge < -0.3 is 5.32 Å². The van der Waals surface area contributed by atoms with Crippen LogP contribution in [0, 0.1) is 6.92 Å². The molecule has 1 aromatic heterocycles. The Morgan fingerprint density at radius 2 is 2.05 bits per heavy atom. The van der Waals surface area contributed by atoms with Gasteiger partial charge in [-0.15, -0.1) is 0 Å². The molecule has 3 nitrogen and oxygen atoms in total. The number of nitrogens with zero attached hydrogens (tertiary/aromatic N) is 2. The summed E-state index contributed by atoms with van der Waals surface area (Å²) in [6.45, 7) is 7.71. The van der Waals surface area contributed by atoms with E-state index in [-0.39, 0.29) is 0 Å². The highest BCUT2D eigenvalue weighted by molar-refractivity contribution is 5.36. The van der Waals surface area contributed by atoms with Gasteiger partial charge in [0.1, 0.15) is 0 Å². The molecule has 21 heavy (non-hydrogen) atoms. The predicted octanol–water partition coefficient (Wildman–Crippen LogP) is 3.98. The summed E-state index contributed by atoms with van der Waals surface area (Å²) in [5.74, 6) is 0.579. The Labute approximate surface area is 127 Å². The molecule has 0 bridgehead atoms. The minimum atomic E-state index is 0.358. The lowest BCUT2D eigenvalue weighted by atomic mass is 9.78. The normalized spacial score (nSPS) is 24.8. The van der Waals surface area contributed by atoms with Crippen molar-refractivity contribution in [2.75, 3.05) is 6.54 Å². The summed E-state index contributed by atoms with van der Waals surface area (Å²) >= 11 is 0. The number of benzene rings is 1. The second-order valence-corrected chi connectivity index (χ2v) is 6.26. The van der Waals surface area contributed by atoms with Crippen molar-refractivity contribution in [3.8, 4) is 0 Å². The molecule has 0 spiro atoms. The molecule has 3 atom stereocenters. The van der Waals surface area contributed by atoms with Crippen molar-refractivity contribution in [2.24, 2.45) is 0 Å². The summed E-state index contributed by atoms with van der Waals surface area (Å²) in [4.78, 5) is 0. The van der Waals surface area contributed by atoms with Gasteiger partial charge in [0.2, 0.25) is 0 Å². The molecule has 3 rings (SSSR count). The lowest BCUT2D eigenvalue weighted by molar-refractivity contribution is 0.278. The van der Waals surface area contributed by atoms with Crippen molar-refractivity contribution >= 4 is 0 Å². The Balaban J connectivity index is 1.99. The molecule has 0 saturated heterocycles. The standard InChI is InChI=1S/C18H25N3/c1-4-9-19-18-16-8-6-5-7-15(16)14(3)10-17(18)21-12-13(2)11-20-21/h5-8,11-12,14,17-19H,4,9-10H2,1-3H3. The van der Waals surface area contributed by atoms with Crippen LogP contribution in [0.3, 0.4) is 0 Å².